The summed E-state index contributed by atoms with van der Waals surface area (Å²) in [6.45, 7) is 2.73. The first-order valence-electron chi connectivity index (χ1n) is 6.65. The molecular weight excluding hydrogens is 276 g/mol. The Kier molecular flexibility index (Phi) is 3.36. The van der Waals surface area contributed by atoms with E-state index in [0.29, 0.717) is 29.2 Å². The van der Waals surface area contributed by atoms with Gasteiger partial charge in [-0.25, -0.2) is 4.98 Å². The van der Waals surface area contributed by atoms with Gasteiger partial charge in [-0.1, -0.05) is 30.7 Å². The van der Waals surface area contributed by atoms with Crippen LogP contribution >= 0.6 is 11.6 Å². The zero-order chi connectivity index (χ0) is 14.3. The highest BCUT2D eigenvalue weighted by Gasteiger charge is 2.31. The maximum Gasteiger partial charge on any atom is 0.273 e. The average Bonchev–Trinajstić information content (AvgIpc) is 2.42. The van der Waals surface area contributed by atoms with E-state index in [1.165, 1.54) is 0 Å². The van der Waals surface area contributed by atoms with Gasteiger partial charge in [0.2, 0.25) is 0 Å². The first-order valence-corrected chi connectivity index (χ1v) is 7.03. The average molecular weight is 291 g/mol. The van der Waals surface area contributed by atoms with Crippen molar-refractivity contribution in [2.75, 3.05) is 13.1 Å². The van der Waals surface area contributed by atoms with Crippen LogP contribution in [-0.2, 0) is 6.42 Å². The molecule has 1 saturated heterocycles. The van der Waals surface area contributed by atoms with Crippen LogP contribution in [0.1, 0.15) is 23.1 Å². The largest absolute Gasteiger partial charge is 0.389 e. The van der Waals surface area contributed by atoms with E-state index >= 15 is 0 Å². The van der Waals surface area contributed by atoms with Crippen molar-refractivity contribution in [1.29, 1.82) is 0 Å². The number of halogens is 1. The number of β-amino-alcohol motifs (C(OH)–C–C–N with tert-alkyl or cyclic N) is 1. The minimum absolute atomic E-state index is 0.163. The Hall–Kier alpha value is -1.65. The highest BCUT2D eigenvalue weighted by molar-refractivity contribution is 6.36. The van der Waals surface area contributed by atoms with Gasteiger partial charge in [0.1, 0.15) is 5.69 Å². The Morgan fingerprint density at radius 3 is 2.90 bits per heavy atom. The summed E-state index contributed by atoms with van der Waals surface area (Å²) < 4.78 is 0. The number of carbonyl (C=O) groups excluding carboxylic acids is 1. The number of rotatable bonds is 2. The van der Waals surface area contributed by atoms with Crippen LogP contribution in [0.2, 0.25) is 5.02 Å². The molecule has 2 heterocycles. The van der Waals surface area contributed by atoms with Crippen molar-refractivity contribution in [2.45, 2.75) is 19.4 Å². The molecule has 4 nitrogen and oxygen atoms in total. The predicted molar refractivity (Wildman–Crippen MR) is 78.0 cm³/mol. The first kappa shape index (κ1) is 13.3. The van der Waals surface area contributed by atoms with Gasteiger partial charge in [-0.3, -0.25) is 4.79 Å². The van der Waals surface area contributed by atoms with Crippen molar-refractivity contribution in [3.05, 3.63) is 40.7 Å². The molecule has 0 spiro atoms. The molecule has 0 atom stereocenters. The second kappa shape index (κ2) is 5.04. The van der Waals surface area contributed by atoms with Crippen LogP contribution in [0.3, 0.4) is 0 Å². The van der Waals surface area contributed by atoms with E-state index < -0.39 is 6.10 Å². The smallest absolute Gasteiger partial charge is 0.273 e. The number of pyridine rings is 1. The van der Waals surface area contributed by atoms with E-state index in [2.05, 4.69) is 4.98 Å². The number of aliphatic hydroxyl groups is 1. The van der Waals surface area contributed by atoms with Crippen molar-refractivity contribution in [3.8, 4) is 0 Å². The molecule has 1 fully saturated rings. The fourth-order valence-corrected chi connectivity index (χ4v) is 2.70. The summed E-state index contributed by atoms with van der Waals surface area (Å²) in [6.07, 6.45) is 0.334. The Morgan fingerprint density at radius 2 is 2.25 bits per heavy atom. The zero-order valence-corrected chi connectivity index (χ0v) is 11.9. The molecule has 1 aliphatic rings. The molecule has 20 heavy (non-hydrogen) atoms. The predicted octanol–water partition coefficient (Wildman–Crippen LogP) is 2.27. The Morgan fingerprint density at radius 1 is 1.50 bits per heavy atom. The summed E-state index contributed by atoms with van der Waals surface area (Å²) in [7, 11) is 0. The number of aromatic nitrogens is 1. The minimum atomic E-state index is -0.421. The normalized spacial score (nSPS) is 15.4. The zero-order valence-electron chi connectivity index (χ0n) is 11.1. The number of aryl methyl sites for hydroxylation is 1. The number of fused-ring (bicyclic) bond motifs is 1. The molecular formula is C15H15ClN2O2. The van der Waals surface area contributed by atoms with Gasteiger partial charge in [0, 0.05) is 24.2 Å². The highest BCUT2D eigenvalue weighted by atomic mass is 35.5. The third-order valence-electron chi connectivity index (χ3n) is 3.57. The SMILES string of the molecule is CCc1cc2cccc(Cl)c2c(C(=O)N2CC(O)C2)n1. The number of hydrogen-bond donors (Lipinski definition) is 1. The number of hydrogen-bond acceptors (Lipinski definition) is 3. The number of carbonyl (C=O) groups is 1. The molecule has 0 saturated carbocycles. The van der Waals surface area contributed by atoms with E-state index in [9.17, 15) is 9.90 Å². The molecule has 1 aromatic carbocycles. The topological polar surface area (TPSA) is 53.4 Å². The van der Waals surface area contributed by atoms with Gasteiger partial charge in [-0.2, -0.15) is 0 Å². The second-order valence-electron chi connectivity index (χ2n) is 5.02. The molecule has 1 aromatic heterocycles. The lowest BCUT2D eigenvalue weighted by Gasteiger charge is -2.35. The van der Waals surface area contributed by atoms with Crippen LogP contribution in [0.5, 0.6) is 0 Å². The molecule has 3 rings (SSSR count). The molecule has 0 unspecified atom stereocenters. The minimum Gasteiger partial charge on any atom is -0.389 e. The fraction of sp³-hybridized carbons (Fsp3) is 0.333. The van der Waals surface area contributed by atoms with Gasteiger partial charge >= 0.3 is 0 Å². The van der Waals surface area contributed by atoms with Crippen molar-refractivity contribution in [2.24, 2.45) is 0 Å². The maximum absolute atomic E-state index is 12.5. The van der Waals surface area contributed by atoms with Gasteiger partial charge in [0.15, 0.2) is 0 Å². The second-order valence-corrected chi connectivity index (χ2v) is 5.42. The lowest BCUT2D eigenvalue weighted by Crippen LogP contribution is -2.53. The van der Waals surface area contributed by atoms with Crippen LogP contribution in [-0.4, -0.2) is 40.1 Å². The van der Waals surface area contributed by atoms with Crippen LogP contribution in [0.4, 0.5) is 0 Å². The van der Waals surface area contributed by atoms with Crippen molar-refractivity contribution in [3.63, 3.8) is 0 Å². The molecule has 0 aliphatic carbocycles. The van der Waals surface area contributed by atoms with Crippen LogP contribution in [0.15, 0.2) is 24.3 Å². The van der Waals surface area contributed by atoms with Gasteiger partial charge in [0.25, 0.3) is 5.91 Å². The quantitative estimate of drug-likeness (QED) is 0.923. The highest BCUT2D eigenvalue weighted by Crippen LogP contribution is 2.28. The molecule has 1 aliphatic heterocycles. The summed E-state index contributed by atoms with van der Waals surface area (Å²) >= 11 is 6.24. The number of aliphatic hydroxyl groups excluding tert-OH is 1. The van der Waals surface area contributed by atoms with Crippen molar-refractivity contribution < 1.29 is 9.90 Å². The molecule has 0 bridgehead atoms. The molecule has 0 radical (unpaired) electrons. The lowest BCUT2D eigenvalue weighted by atomic mass is 10.0. The Bertz CT molecular complexity index is 681. The summed E-state index contributed by atoms with van der Waals surface area (Å²) in [4.78, 5) is 18.5. The van der Waals surface area contributed by atoms with Gasteiger partial charge < -0.3 is 10.0 Å². The molecule has 1 amide bonds. The molecule has 5 heteroatoms. The maximum atomic E-state index is 12.5. The monoisotopic (exact) mass is 290 g/mol. The van der Waals surface area contributed by atoms with E-state index in [1.54, 1.807) is 11.0 Å². The van der Waals surface area contributed by atoms with E-state index in [0.717, 1.165) is 17.5 Å². The number of amides is 1. The van der Waals surface area contributed by atoms with Gasteiger partial charge in [-0.05, 0) is 23.9 Å². The van der Waals surface area contributed by atoms with Crippen molar-refractivity contribution in [1.82, 2.24) is 9.88 Å². The fourth-order valence-electron chi connectivity index (χ4n) is 2.43. The molecule has 104 valence electrons. The van der Waals surface area contributed by atoms with E-state index in [-0.39, 0.29) is 5.91 Å². The van der Waals surface area contributed by atoms with Crippen LogP contribution in [0.25, 0.3) is 10.8 Å². The standard InChI is InChI=1S/C15H15ClN2O2/c1-2-10-6-9-4-3-5-12(16)13(9)14(17-10)15(20)18-7-11(19)8-18/h3-6,11,19H,2,7-8H2,1H3. The van der Waals surface area contributed by atoms with Gasteiger partial charge in [0.05, 0.1) is 11.1 Å². The Labute approximate surface area is 122 Å². The van der Waals surface area contributed by atoms with Crippen LogP contribution < -0.4 is 0 Å². The Balaban J connectivity index is 2.14. The van der Waals surface area contributed by atoms with Crippen LogP contribution in [0, 0.1) is 0 Å². The number of nitrogens with zero attached hydrogens (tertiary/aromatic N) is 2. The summed E-state index contributed by atoms with van der Waals surface area (Å²) in [5.41, 5.74) is 1.25. The van der Waals surface area contributed by atoms with Gasteiger partial charge in [-0.15, -0.1) is 0 Å². The number of benzene rings is 1. The van der Waals surface area contributed by atoms with E-state index in [1.807, 2.05) is 25.1 Å². The third-order valence-corrected chi connectivity index (χ3v) is 3.89. The lowest BCUT2D eigenvalue weighted by molar-refractivity contribution is 0.00564. The third kappa shape index (κ3) is 2.15. The molecule has 1 N–H and O–H groups in total. The first-order chi connectivity index (χ1) is 9.60. The van der Waals surface area contributed by atoms with Crippen molar-refractivity contribution >= 4 is 28.3 Å². The van der Waals surface area contributed by atoms with E-state index in [4.69, 9.17) is 11.6 Å². The summed E-state index contributed by atoms with van der Waals surface area (Å²) in [6, 6.07) is 7.53. The summed E-state index contributed by atoms with van der Waals surface area (Å²) in [5, 5.41) is 11.5. The molecule has 2 aromatic rings. The number of likely N-dealkylation sites (tertiary alicyclic amines) is 1. The summed E-state index contributed by atoms with van der Waals surface area (Å²) in [5.74, 6) is -0.163.